The summed E-state index contributed by atoms with van der Waals surface area (Å²) in [5, 5.41) is 2.72. The van der Waals surface area contributed by atoms with Gasteiger partial charge in [0.1, 0.15) is 12.4 Å². The largest absolute Gasteiger partial charge is 0.497 e. The van der Waals surface area contributed by atoms with E-state index in [0.29, 0.717) is 24.4 Å². The molecule has 0 unspecified atom stereocenters. The molecule has 166 valence electrons. The lowest BCUT2D eigenvalue weighted by molar-refractivity contribution is 0.155. The highest BCUT2D eigenvalue weighted by molar-refractivity contribution is 7.89. The number of nitrogens with one attached hydrogen (secondary N) is 1. The Morgan fingerprint density at radius 2 is 1.75 bits per heavy atom. The number of ether oxygens (including phenoxy) is 2. The Bertz CT molecular complexity index is 1190. The number of hydrogen-bond acceptors (Lipinski definition) is 5. The molecule has 0 saturated carbocycles. The first-order chi connectivity index (χ1) is 15.5. The van der Waals surface area contributed by atoms with Crippen LogP contribution < -0.4 is 10.1 Å². The van der Waals surface area contributed by atoms with Crippen LogP contribution in [0.25, 0.3) is 0 Å². The van der Waals surface area contributed by atoms with E-state index in [1.165, 1.54) is 11.4 Å². The summed E-state index contributed by atoms with van der Waals surface area (Å²) in [6, 6.07) is 21.3. The standard InChI is InChI=1S/C24H24N2O5S/c1-30-22-9-11-23(12-10-22)32(28,29)26-14-13-19-7-8-21(15-20(19)16-26)25-24(27)31-17-18-5-3-2-4-6-18/h2-12,15H,13-14,16-17H2,1H3,(H,25,27). The van der Waals surface area contributed by atoms with E-state index in [1.807, 2.05) is 36.4 Å². The molecule has 1 aliphatic rings. The minimum absolute atomic E-state index is 0.172. The van der Waals surface area contributed by atoms with E-state index in [4.69, 9.17) is 9.47 Å². The lowest BCUT2D eigenvalue weighted by Crippen LogP contribution is -2.36. The Labute approximate surface area is 187 Å². The van der Waals surface area contributed by atoms with Gasteiger partial charge in [0.2, 0.25) is 10.0 Å². The second-order valence-corrected chi connectivity index (χ2v) is 9.37. The van der Waals surface area contributed by atoms with Crippen LogP contribution >= 0.6 is 0 Å². The molecule has 0 bridgehead atoms. The van der Waals surface area contributed by atoms with Crippen molar-refractivity contribution in [3.8, 4) is 5.75 Å². The van der Waals surface area contributed by atoms with Gasteiger partial charge in [0.15, 0.2) is 0 Å². The van der Waals surface area contributed by atoms with Gasteiger partial charge >= 0.3 is 6.09 Å². The zero-order valence-corrected chi connectivity index (χ0v) is 18.5. The molecule has 7 nitrogen and oxygen atoms in total. The van der Waals surface area contributed by atoms with Gasteiger partial charge in [0.05, 0.1) is 12.0 Å². The molecular formula is C24H24N2O5S. The van der Waals surface area contributed by atoms with Crippen molar-refractivity contribution in [2.24, 2.45) is 0 Å². The fraction of sp³-hybridized carbons (Fsp3) is 0.208. The Morgan fingerprint density at radius 1 is 1.00 bits per heavy atom. The summed E-state index contributed by atoms with van der Waals surface area (Å²) >= 11 is 0. The van der Waals surface area contributed by atoms with Crippen LogP contribution in [0.3, 0.4) is 0 Å². The van der Waals surface area contributed by atoms with Gasteiger partial charge in [-0.25, -0.2) is 13.2 Å². The van der Waals surface area contributed by atoms with Crippen LogP contribution in [-0.2, 0) is 34.3 Å². The first-order valence-corrected chi connectivity index (χ1v) is 11.6. The molecule has 4 rings (SSSR count). The quantitative estimate of drug-likeness (QED) is 0.606. The summed E-state index contributed by atoms with van der Waals surface area (Å²) in [6.45, 7) is 0.803. The molecular weight excluding hydrogens is 428 g/mol. The second-order valence-electron chi connectivity index (χ2n) is 7.43. The van der Waals surface area contributed by atoms with Crippen molar-refractivity contribution in [2.75, 3.05) is 19.0 Å². The Balaban J connectivity index is 1.43. The van der Waals surface area contributed by atoms with Crippen molar-refractivity contribution < 1.29 is 22.7 Å². The third kappa shape index (κ3) is 4.92. The maximum Gasteiger partial charge on any atom is 0.411 e. The molecule has 3 aromatic rings. The van der Waals surface area contributed by atoms with Gasteiger partial charge in [-0.1, -0.05) is 36.4 Å². The number of nitrogens with zero attached hydrogens (tertiary/aromatic N) is 1. The van der Waals surface area contributed by atoms with Gasteiger partial charge in [0.25, 0.3) is 0 Å². The van der Waals surface area contributed by atoms with Gasteiger partial charge in [-0.3, -0.25) is 5.32 Å². The smallest absolute Gasteiger partial charge is 0.411 e. The number of amides is 1. The van der Waals surface area contributed by atoms with Crippen LogP contribution in [0.2, 0.25) is 0 Å². The van der Waals surface area contributed by atoms with Crippen LogP contribution in [0.1, 0.15) is 16.7 Å². The molecule has 0 atom stereocenters. The van der Waals surface area contributed by atoms with Crippen LogP contribution in [0.5, 0.6) is 5.75 Å². The molecule has 1 amide bonds. The molecule has 1 heterocycles. The van der Waals surface area contributed by atoms with E-state index in [-0.39, 0.29) is 18.0 Å². The molecule has 1 aliphatic heterocycles. The summed E-state index contributed by atoms with van der Waals surface area (Å²) in [5.74, 6) is 0.600. The topological polar surface area (TPSA) is 84.9 Å². The van der Waals surface area contributed by atoms with Crippen molar-refractivity contribution in [3.63, 3.8) is 0 Å². The number of carbonyl (C=O) groups is 1. The predicted molar refractivity (Wildman–Crippen MR) is 121 cm³/mol. The normalized spacial score (nSPS) is 13.8. The maximum absolute atomic E-state index is 13.1. The molecule has 0 fully saturated rings. The van der Waals surface area contributed by atoms with Crippen LogP contribution in [0, 0.1) is 0 Å². The third-order valence-electron chi connectivity index (χ3n) is 5.34. The van der Waals surface area contributed by atoms with E-state index in [2.05, 4.69) is 5.32 Å². The van der Waals surface area contributed by atoms with Crippen LogP contribution in [0.15, 0.2) is 77.7 Å². The van der Waals surface area contributed by atoms with Crippen molar-refractivity contribution in [2.45, 2.75) is 24.5 Å². The lowest BCUT2D eigenvalue weighted by Gasteiger charge is -2.28. The Hall–Kier alpha value is -3.36. The summed E-state index contributed by atoms with van der Waals surface area (Å²) < 4.78 is 38.0. The highest BCUT2D eigenvalue weighted by Crippen LogP contribution is 2.28. The summed E-state index contributed by atoms with van der Waals surface area (Å²) in [6.07, 6.45) is 0.0380. The van der Waals surface area contributed by atoms with E-state index in [0.717, 1.165) is 16.7 Å². The molecule has 3 aromatic carbocycles. The van der Waals surface area contributed by atoms with Gasteiger partial charge < -0.3 is 9.47 Å². The number of sulfonamides is 1. The van der Waals surface area contributed by atoms with E-state index < -0.39 is 16.1 Å². The third-order valence-corrected chi connectivity index (χ3v) is 7.20. The molecule has 0 spiro atoms. The fourth-order valence-electron chi connectivity index (χ4n) is 3.59. The average Bonchev–Trinajstić information content (AvgIpc) is 2.83. The lowest BCUT2D eigenvalue weighted by atomic mass is 10.0. The first kappa shape index (κ1) is 21.9. The fourth-order valence-corrected chi connectivity index (χ4v) is 5.01. The van der Waals surface area contributed by atoms with E-state index in [1.54, 1.807) is 36.4 Å². The van der Waals surface area contributed by atoms with Gasteiger partial charge in [-0.15, -0.1) is 0 Å². The van der Waals surface area contributed by atoms with Crippen molar-refractivity contribution >= 4 is 21.8 Å². The number of anilines is 1. The summed E-state index contributed by atoms with van der Waals surface area (Å²) in [5.41, 5.74) is 3.38. The molecule has 0 aromatic heterocycles. The van der Waals surface area contributed by atoms with Crippen LogP contribution in [-0.4, -0.2) is 32.5 Å². The van der Waals surface area contributed by atoms with Crippen molar-refractivity contribution in [3.05, 3.63) is 89.5 Å². The SMILES string of the molecule is COc1ccc(S(=O)(=O)N2CCc3ccc(NC(=O)OCc4ccccc4)cc3C2)cc1. The van der Waals surface area contributed by atoms with E-state index in [9.17, 15) is 13.2 Å². The number of hydrogen-bond donors (Lipinski definition) is 1. The summed E-state index contributed by atoms with van der Waals surface area (Å²) in [7, 11) is -2.10. The van der Waals surface area contributed by atoms with Gasteiger partial charge in [-0.05, 0) is 59.5 Å². The molecule has 0 radical (unpaired) electrons. The zero-order chi connectivity index (χ0) is 22.6. The first-order valence-electron chi connectivity index (χ1n) is 10.2. The summed E-state index contributed by atoms with van der Waals surface area (Å²) in [4.78, 5) is 12.4. The molecule has 8 heteroatoms. The Kier molecular flexibility index (Phi) is 6.43. The van der Waals surface area contributed by atoms with Gasteiger partial charge in [-0.2, -0.15) is 4.31 Å². The predicted octanol–water partition coefficient (Wildman–Crippen LogP) is 4.19. The van der Waals surface area contributed by atoms with Crippen LogP contribution in [0.4, 0.5) is 10.5 Å². The second kappa shape index (κ2) is 9.42. The number of benzene rings is 3. The highest BCUT2D eigenvalue weighted by atomic mass is 32.2. The highest BCUT2D eigenvalue weighted by Gasteiger charge is 2.28. The number of methoxy groups -OCH3 is 1. The van der Waals surface area contributed by atoms with E-state index >= 15 is 0 Å². The number of carbonyl (C=O) groups excluding carboxylic acids is 1. The number of fused-ring (bicyclic) bond motifs is 1. The minimum Gasteiger partial charge on any atom is -0.497 e. The molecule has 1 N–H and O–H groups in total. The molecule has 0 saturated heterocycles. The molecule has 0 aliphatic carbocycles. The van der Waals surface area contributed by atoms with Crippen molar-refractivity contribution in [1.29, 1.82) is 0 Å². The number of rotatable bonds is 6. The maximum atomic E-state index is 13.1. The van der Waals surface area contributed by atoms with Crippen molar-refractivity contribution in [1.82, 2.24) is 4.31 Å². The molecule has 32 heavy (non-hydrogen) atoms. The zero-order valence-electron chi connectivity index (χ0n) is 17.7. The average molecular weight is 453 g/mol. The minimum atomic E-state index is -3.64. The Morgan fingerprint density at radius 3 is 2.47 bits per heavy atom. The van der Waals surface area contributed by atoms with Gasteiger partial charge in [0, 0.05) is 18.8 Å². The monoisotopic (exact) mass is 452 g/mol.